The van der Waals surface area contributed by atoms with Crippen LogP contribution in [0.2, 0.25) is 0 Å². The van der Waals surface area contributed by atoms with Crippen LogP contribution in [0.1, 0.15) is 0 Å². The van der Waals surface area contributed by atoms with E-state index >= 15 is 0 Å². The predicted molar refractivity (Wildman–Crippen MR) is 59.4 cm³/mol. The molecule has 0 radical (unpaired) electrons. The minimum absolute atomic E-state index is 0.286. The van der Waals surface area contributed by atoms with E-state index in [0.29, 0.717) is 5.52 Å². The highest BCUT2D eigenvalue weighted by Gasteiger charge is 2.08. The van der Waals surface area contributed by atoms with Crippen molar-refractivity contribution in [2.24, 2.45) is 0 Å². The van der Waals surface area contributed by atoms with Gasteiger partial charge in [-0.2, -0.15) is 0 Å². The number of rotatable bonds is 1. The second-order valence-electron chi connectivity index (χ2n) is 3.20. The first-order valence-electron chi connectivity index (χ1n) is 4.53. The summed E-state index contributed by atoms with van der Waals surface area (Å²) in [5, 5.41) is 1.97. The van der Waals surface area contributed by atoms with Gasteiger partial charge in [0, 0.05) is 0 Å². The molecule has 4 heteroatoms. The van der Waals surface area contributed by atoms with E-state index in [1.807, 2.05) is 23.6 Å². The lowest BCUT2D eigenvalue weighted by molar-refractivity contribution is 0.637. The number of halogens is 1. The largest absolute Gasteiger partial charge is 0.337 e. The summed E-state index contributed by atoms with van der Waals surface area (Å²) in [6.45, 7) is 0. The zero-order valence-corrected chi connectivity index (χ0v) is 8.51. The Hall–Kier alpha value is -1.68. The van der Waals surface area contributed by atoms with Crippen molar-refractivity contribution in [3.63, 3.8) is 0 Å². The summed E-state index contributed by atoms with van der Waals surface area (Å²) in [6.07, 6.45) is 0. The summed E-state index contributed by atoms with van der Waals surface area (Å²) in [6, 6.07) is 8.82. The van der Waals surface area contributed by atoms with Crippen molar-refractivity contribution in [3.05, 3.63) is 41.5 Å². The molecular weight excluding hydrogens is 211 g/mol. The molecule has 2 nitrogen and oxygen atoms in total. The number of aromatic amines is 1. The van der Waals surface area contributed by atoms with Crippen molar-refractivity contribution >= 4 is 22.4 Å². The van der Waals surface area contributed by atoms with Gasteiger partial charge in [0.1, 0.15) is 11.3 Å². The van der Waals surface area contributed by atoms with Gasteiger partial charge in [-0.05, 0) is 23.6 Å². The number of hydrogen-bond acceptors (Lipinski definition) is 2. The quantitative estimate of drug-likeness (QED) is 0.666. The molecular formula is C11H7FN2S. The van der Waals surface area contributed by atoms with Gasteiger partial charge < -0.3 is 4.98 Å². The molecule has 0 aliphatic carbocycles. The smallest absolute Gasteiger partial charge is 0.151 e. The summed E-state index contributed by atoms with van der Waals surface area (Å²) in [7, 11) is 0. The maximum absolute atomic E-state index is 13.4. The minimum atomic E-state index is -0.286. The molecule has 0 saturated heterocycles. The van der Waals surface area contributed by atoms with Crippen molar-refractivity contribution < 1.29 is 4.39 Å². The van der Waals surface area contributed by atoms with E-state index in [1.165, 1.54) is 6.07 Å². The Morgan fingerprint density at radius 2 is 2.13 bits per heavy atom. The van der Waals surface area contributed by atoms with Crippen LogP contribution in [0.3, 0.4) is 0 Å². The number of imidazole rings is 1. The van der Waals surface area contributed by atoms with E-state index in [4.69, 9.17) is 0 Å². The molecule has 0 bridgehead atoms. The van der Waals surface area contributed by atoms with Gasteiger partial charge in [-0.25, -0.2) is 9.37 Å². The molecule has 15 heavy (non-hydrogen) atoms. The Balaban J connectivity index is 2.27. The molecule has 0 fully saturated rings. The second kappa shape index (κ2) is 3.17. The van der Waals surface area contributed by atoms with Crippen LogP contribution < -0.4 is 0 Å². The van der Waals surface area contributed by atoms with Gasteiger partial charge in [0.25, 0.3) is 0 Å². The third kappa shape index (κ3) is 1.34. The van der Waals surface area contributed by atoms with E-state index in [2.05, 4.69) is 9.97 Å². The molecule has 0 unspecified atom stereocenters. The van der Waals surface area contributed by atoms with Crippen LogP contribution in [0.5, 0.6) is 0 Å². The molecule has 2 aromatic heterocycles. The summed E-state index contributed by atoms with van der Waals surface area (Å²) < 4.78 is 13.4. The Morgan fingerprint density at radius 3 is 2.87 bits per heavy atom. The minimum Gasteiger partial charge on any atom is -0.337 e. The molecule has 0 amide bonds. The molecule has 0 aliphatic rings. The Bertz CT molecular complexity index is 598. The first kappa shape index (κ1) is 8.61. The average molecular weight is 218 g/mol. The second-order valence-corrected chi connectivity index (χ2v) is 4.15. The lowest BCUT2D eigenvalue weighted by Crippen LogP contribution is -1.75. The highest BCUT2D eigenvalue weighted by Crippen LogP contribution is 2.25. The first-order chi connectivity index (χ1) is 7.34. The van der Waals surface area contributed by atoms with E-state index in [-0.39, 0.29) is 5.82 Å². The van der Waals surface area contributed by atoms with E-state index in [1.54, 1.807) is 17.4 Å². The number of benzene rings is 1. The zero-order chi connectivity index (χ0) is 10.3. The first-order valence-corrected chi connectivity index (χ1v) is 5.41. The molecule has 1 aromatic carbocycles. The van der Waals surface area contributed by atoms with Crippen molar-refractivity contribution in [3.8, 4) is 10.7 Å². The number of thiophene rings is 1. The molecule has 3 rings (SSSR count). The van der Waals surface area contributed by atoms with Crippen LogP contribution >= 0.6 is 11.3 Å². The zero-order valence-electron chi connectivity index (χ0n) is 7.70. The fourth-order valence-electron chi connectivity index (χ4n) is 1.53. The molecule has 1 N–H and O–H groups in total. The van der Waals surface area contributed by atoms with Gasteiger partial charge in [-0.15, -0.1) is 11.3 Å². The Kier molecular flexibility index (Phi) is 1.82. The number of nitrogens with zero attached hydrogens (tertiary/aromatic N) is 1. The number of H-pyrrole nitrogens is 1. The fraction of sp³-hybridized carbons (Fsp3) is 0. The predicted octanol–water partition coefficient (Wildman–Crippen LogP) is 3.43. The molecule has 0 spiro atoms. The molecule has 74 valence electrons. The lowest BCUT2D eigenvalue weighted by Gasteiger charge is -1.86. The van der Waals surface area contributed by atoms with Crippen LogP contribution in [-0.2, 0) is 0 Å². The maximum atomic E-state index is 13.4. The summed E-state index contributed by atoms with van der Waals surface area (Å²) in [4.78, 5) is 8.35. The van der Waals surface area contributed by atoms with Gasteiger partial charge in [0.15, 0.2) is 5.82 Å². The highest BCUT2D eigenvalue weighted by molar-refractivity contribution is 7.13. The molecule has 0 saturated carbocycles. The third-order valence-corrected chi connectivity index (χ3v) is 3.09. The molecule has 3 aromatic rings. The van der Waals surface area contributed by atoms with Gasteiger partial charge in [-0.3, -0.25) is 0 Å². The number of para-hydroxylation sites is 1. The number of nitrogens with one attached hydrogen (secondary N) is 1. The van der Waals surface area contributed by atoms with Gasteiger partial charge in [0.05, 0.1) is 10.4 Å². The van der Waals surface area contributed by atoms with Crippen LogP contribution in [0, 0.1) is 5.82 Å². The number of fused-ring (bicyclic) bond motifs is 1. The van der Waals surface area contributed by atoms with Crippen LogP contribution in [0.4, 0.5) is 4.39 Å². The van der Waals surface area contributed by atoms with E-state index < -0.39 is 0 Å². The van der Waals surface area contributed by atoms with Crippen LogP contribution in [0.25, 0.3) is 21.7 Å². The van der Waals surface area contributed by atoms with E-state index in [9.17, 15) is 4.39 Å². The van der Waals surface area contributed by atoms with Gasteiger partial charge in [0.2, 0.25) is 0 Å². The van der Waals surface area contributed by atoms with Crippen LogP contribution in [0.15, 0.2) is 35.7 Å². The average Bonchev–Trinajstić information content (AvgIpc) is 2.86. The number of aromatic nitrogens is 2. The fourth-order valence-corrected chi connectivity index (χ4v) is 2.20. The molecule has 0 aliphatic heterocycles. The summed E-state index contributed by atoms with van der Waals surface area (Å²) >= 11 is 1.58. The Labute approximate surface area is 89.4 Å². The van der Waals surface area contributed by atoms with E-state index in [0.717, 1.165) is 16.2 Å². The highest BCUT2D eigenvalue weighted by atomic mass is 32.1. The van der Waals surface area contributed by atoms with Gasteiger partial charge >= 0.3 is 0 Å². The SMILES string of the molecule is Fc1cccc2[nH]c(-c3cccs3)nc12. The van der Waals surface area contributed by atoms with Crippen molar-refractivity contribution in [1.82, 2.24) is 9.97 Å². The van der Waals surface area contributed by atoms with Crippen molar-refractivity contribution in [1.29, 1.82) is 0 Å². The van der Waals surface area contributed by atoms with Gasteiger partial charge in [-0.1, -0.05) is 12.1 Å². The molecule has 2 heterocycles. The normalized spacial score (nSPS) is 11.0. The summed E-state index contributed by atoms with van der Waals surface area (Å²) in [5.41, 5.74) is 1.14. The number of hydrogen-bond donors (Lipinski definition) is 1. The Morgan fingerprint density at radius 1 is 1.20 bits per heavy atom. The van der Waals surface area contributed by atoms with Crippen molar-refractivity contribution in [2.75, 3.05) is 0 Å². The van der Waals surface area contributed by atoms with Crippen LogP contribution in [-0.4, -0.2) is 9.97 Å². The van der Waals surface area contributed by atoms with Crippen molar-refractivity contribution in [2.45, 2.75) is 0 Å². The summed E-state index contributed by atoms with van der Waals surface area (Å²) in [5.74, 6) is 0.441. The third-order valence-electron chi connectivity index (χ3n) is 2.22. The molecule has 0 atom stereocenters. The maximum Gasteiger partial charge on any atom is 0.151 e. The monoisotopic (exact) mass is 218 g/mol. The lowest BCUT2D eigenvalue weighted by atomic mass is 10.3. The standard InChI is InChI=1S/C11H7FN2S/c12-7-3-1-4-8-10(7)14-11(13-8)9-5-2-6-15-9/h1-6H,(H,13,14). The topological polar surface area (TPSA) is 28.7 Å².